The minimum absolute atomic E-state index is 0.285. The van der Waals surface area contributed by atoms with E-state index in [0.717, 1.165) is 36.6 Å². The van der Waals surface area contributed by atoms with Crippen molar-refractivity contribution in [3.05, 3.63) is 23.8 Å². The molecule has 2 N–H and O–H groups in total. The quantitative estimate of drug-likeness (QED) is 0.595. The number of nitrogens with two attached hydrogens (primary N) is 1. The average molecular weight is 221 g/mol. The van der Waals surface area contributed by atoms with Crippen LogP contribution < -0.4 is 10.5 Å². The van der Waals surface area contributed by atoms with Crippen molar-refractivity contribution < 1.29 is 14.2 Å². The first-order valence-corrected chi connectivity index (χ1v) is 5.55. The van der Waals surface area contributed by atoms with E-state index in [1.165, 1.54) is 0 Å². The molecule has 0 spiro atoms. The van der Waals surface area contributed by atoms with Gasteiger partial charge in [0.05, 0.1) is 19.3 Å². The van der Waals surface area contributed by atoms with Gasteiger partial charge in [-0.15, -0.1) is 0 Å². The van der Waals surface area contributed by atoms with Crippen LogP contribution in [0, 0.1) is 0 Å². The monoisotopic (exact) mass is 221 g/mol. The normalized spacial score (nSPS) is 26.5. The molecule has 4 heteroatoms. The van der Waals surface area contributed by atoms with Gasteiger partial charge < -0.3 is 19.9 Å². The van der Waals surface area contributed by atoms with Gasteiger partial charge in [-0.2, -0.15) is 0 Å². The molecule has 0 saturated carbocycles. The summed E-state index contributed by atoms with van der Waals surface area (Å²) in [5.74, 6) is 0.861. The number of benzene rings is 1. The summed E-state index contributed by atoms with van der Waals surface area (Å²) in [6.07, 6.45) is 1.51. The Morgan fingerprint density at radius 2 is 2.00 bits per heavy atom. The van der Waals surface area contributed by atoms with E-state index in [-0.39, 0.29) is 6.10 Å². The Labute approximate surface area is 94.3 Å². The Bertz CT molecular complexity index is 386. The fourth-order valence-corrected chi connectivity index (χ4v) is 1.63. The van der Waals surface area contributed by atoms with E-state index in [9.17, 15) is 0 Å². The Morgan fingerprint density at radius 3 is 2.69 bits per heavy atom. The lowest BCUT2D eigenvalue weighted by Gasteiger charge is -2.08. The first kappa shape index (κ1) is 9.93. The van der Waals surface area contributed by atoms with Gasteiger partial charge in [-0.05, 0) is 23.8 Å². The van der Waals surface area contributed by atoms with Crippen LogP contribution in [-0.2, 0) is 15.9 Å². The molecule has 2 heterocycles. The summed E-state index contributed by atoms with van der Waals surface area (Å²) >= 11 is 0. The van der Waals surface area contributed by atoms with Crippen LogP contribution in [0.5, 0.6) is 5.75 Å². The van der Waals surface area contributed by atoms with Crippen LogP contribution in [0.25, 0.3) is 0 Å². The highest BCUT2D eigenvalue weighted by Crippen LogP contribution is 2.25. The highest BCUT2D eigenvalue weighted by atomic mass is 16.6. The summed E-state index contributed by atoms with van der Waals surface area (Å²) in [7, 11) is 0. The summed E-state index contributed by atoms with van der Waals surface area (Å²) in [6.45, 7) is 2.29. The lowest BCUT2D eigenvalue weighted by Crippen LogP contribution is -2.05. The highest BCUT2D eigenvalue weighted by molar-refractivity contribution is 5.51. The second-order valence-corrected chi connectivity index (χ2v) is 4.29. The SMILES string of the molecule is Nc1ccc(OCC2CO2)cc1CC1CO1. The predicted octanol–water partition coefficient (Wildman–Crippen LogP) is 0.988. The van der Waals surface area contributed by atoms with Crippen LogP contribution in [0.1, 0.15) is 5.56 Å². The number of rotatable bonds is 5. The molecule has 2 aliphatic heterocycles. The molecule has 2 saturated heterocycles. The molecule has 2 aliphatic rings. The molecule has 0 radical (unpaired) electrons. The van der Waals surface area contributed by atoms with E-state index in [0.29, 0.717) is 12.7 Å². The number of anilines is 1. The molecule has 0 bridgehead atoms. The van der Waals surface area contributed by atoms with Gasteiger partial charge in [0.2, 0.25) is 0 Å². The van der Waals surface area contributed by atoms with E-state index >= 15 is 0 Å². The van der Waals surface area contributed by atoms with Crippen LogP contribution >= 0.6 is 0 Å². The van der Waals surface area contributed by atoms with Crippen molar-refractivity contribution in [3.8, 4) is 5.75 Å². The van der Waals surface area contributed by atoms with Crippen molar-refractivity contribution in [3.63, 3.8) is 0 Å². The van der Waals surface area contributed by atoms with Gasteiger partial charge in [-0.1, -0.05) is 0 Å². The van der Waals surface area contributed by atoms with Crippen LogP contribution in [0.15, 0.2) is 18.2 Å². The molecular formula is C12H15NO3. The molecule has 0 aromatic heterocycles. The van der Waals surface area contributed by atoms with E-state index in [4.69, 9.17) is 19.9 Å². The molecule has 4 nitrogen and oxygen atoms in total. The third-order valence-electron chi connectivity index (χ3n) is 2.80. The second-order valence-electron chi connectivity index (χ2n) is 4.29. The summed E-state index contributed by atoms with van der Waals surface area (Å²) in [5, 5.41) is 0. The third-order valence-corrected chi connectivity index (χ3v) is 2.80. The largest absolute Gasteiger partial charge is 0.491 e. The zero-order valence-corrected chi connectivity index (χ0v) is 9.02. The first-order chi connectivity index (χ1) is 7.81. The van der Waals surface area contributed by atoms with Crippen LogP contribution in [-0.4, -0.2) is 32.0 Å². The summed E-state index contributed by atoms with van der Waals surface area (Å²) < 4.78 is 15.9. The van der Waals surface area contributed by atoms with Crippen LogP contribution in [0.2, 0.25) is 0 Å². The molecule has 2 atom stereocenters. The molecule has 1 aromatic rings. The fourth-order valence-electron chi connectivity index (χ4n) is 1.63. The molecule has 86 valence electrons. The maximum Gasteiger partial charge on any atom is 0.119 e. The summed E-state index contributed by atoms with van der Waals surface area (Å²) in [5.41, 5.74) is 7.82. The molecule has 3 rings (SSSR count). The molecule has 2 fully saturated rings. The molecule has 2 unspecified atom stereocenters. The van der Waals surface area contributed by atoms with E-state index < -0.39 is 0 Å². The molecule has 1 aromatic carbocycles. The summed E-state index contributed by atoms with van der Waals surface area (Å²) in [4.78, 5) is 0. The number of ether oxygens (including phenoxy) is 3. The number of nitrogen functional groups attached to an aromatic ring is 1. The molecule has 0 amide bonds. The molecule has 0 aliphatic carbocycles. The zero-order valence-electron chi connectivity index (χ0n) is 9.02. The Kier molecular flexibility index (Phi) is 2.46. The van der Waals surface area contributed by atoms with E-state index in [1.54, 1.807) is 0 Å². The van der Waals surface area contributed by atoms with Crippen LogP contribution in [0.4, 0.5) is 5.69 Å². The van der Waals surface area contributed by atoms with Gasteiger partial charge in [0.15, 0.2) is 0 Å². The Balaban J connectivity index is 1.66. The maximum atomic E-state index is 5.90. The lowest BCUT2D eigenvalue weighted by molar-refractivity contribution is 0.263. The van der Waals surface area contributed by atoms with Gasteiger partial charge in [0.25, 0.3) is 0 Å². The minimum Gasteiger partial charge on any atom is -0.491 e. The highest BCUT2D eigenvalue weighted by Gasteiger charge is 2.25. The maximum absolute atomic E-state index is 5.90. The third kappa shape index (κ3) is 2.46. The van der Waals surface area contributed by atoms with Crippen molar-refractivity contribution in [2.24, 2.45) is 0 Å². The number of hydrogen-bond donors (Lipinski definition) is 1. The standard InChI is InChI=1S/C12H15NO3/c13-12-2-1-9(14-6-11-7-16-11)3-8(12)4-10-5-15-10/h1-3,10-11H,4-7,13H2. The van der Waals surface area contributed by atoms with Crippen molar-refractivity contribution in [1.82, 2.24) is 0 Å². The predicted molar refractivity (Wildman–Crippen MR) is 59.5 cm³/mol. The zero-order chi connectivity index (χ0) is 11.0. The topological polar surface area (TPSA) is 60.3 Å². The van der Waals surface area contributed by atoms with Gasteiger partial charge in [-0.25, -0.2) is 0 Å². The number of epoxide rings is 2. The molecular weight excluding hydrogens is 206 g/mol. The fraction of sp³-hybridized carbons (Fsp3) is 0.500. The van der Waals surface area contributed by atoms with Gasteiger partial charge in [0.1, 0.15) is 18.5 Å². The average Bonchev–Trinajstić information content (AvgIpc) is 3.13. The van der Waals surface area contributed by atoms with E-state index in [1.807, 2.05) is 18.2 Å². The van der Waals surface area contributed by atoms with Crippen molar-refractivity contribution in [1.29, 1.82) is 0 Å². The lowest BCUT2D eigenvalue weighted by atomic mass is 10.1. The smallest absolute Gasteiger partial charge is 0.119 e. The van der Waals surface area contributed by atoms with Crippen LogP contribution in [0.3, 0.4) is 0 Å². The Morgan fingerprint density at radius 1 is 1.25 bits per heavy atom. The minimum atomic E-state index is 0.285. The van der Waals surface area contributed by atoms with E-state index in [2.05, 4.69) is 0 Å². The van der Waals surface area contributed by atoms with Gasteiger partial charge in [0, 0.05) is 12.1 Å². The van der Waals surface area contributed by atoms with Crippen molar-refractivity contribution in [2.75, 3.05) is 25.6 Å². The Hall–Kier alpha value is -1.26. The van der Waals surface area contributed by atoms with Crippen molar-refractivity contribution >= 4 is 5.69 Å². The molecule has 16 heavy (non-hydrogen) atoms. The second kappa shape index (κ2) is 3.96. The van der Waals surface area contributed by atoms with Crippen molar-refractivity contribution in [2.45, 2.75) is 18.6 Å². The number of hydrogen-bond acceptors (Lipinski definition) is 4. The van der Waals surface area contributed by atoms with Gasteiger partial charge in [-0.3, -0.25) is 0 Å². The first-order valence-electron chi connectivity index (χ1n) is 5.55. The van der Waals surface area contributed by atoms with Gasteiger partial charge >= 0.3 is 0 Å². The summed E-state index contributed by atoms with van der Waals surface area (Å²) in [6, 6.07) is 5.79.